The first-order valence-corrected chi connectivity index (χ1v) is 12.5. The van der Waals surface area contributed by atoms with Gasteiger partial charge in [-0.2, -0.15) is 9.78 Å². The van der Waals surface area contributed by atoms with Gasteiger partial charge in [0.2, 0.25) is 0 Å². The third-order valence-corrected chi connectivity index (χ3v) is 6.88. The van der Waals surface area contributed by atoms with Crippen molar-refractivity contribution in [2.45, 2.75) is 0 Å². The number of nitro groups is 1. The highest BCUT2D eigenvalue weighted by Gasteiger charge is 2.23. The molecule has 9 nitrogen and oxygen atoms in total. The van der Waals surface area contributed by atoms with Crippen LogP contribution in [0, 0.1) is 10.1 Å². The third-order valence-electron chi connectivity index (χ3n) is 6.88. The van der Waals surface area contributed by atoms with Crippen molar-refractivity contribution < 1.29 is 14.1 Å². The summed E-state index contributed by atoms with van der Waals surface area (Å²) in [6.07, 6.45) is 4.99. The monoisotopic (exact) mass is 520 g/mol. The Hall–Kier alpha value is -5.02. The van der Waals surface area contributed by atoms with Crippen LogP contribution in [0.2, 0.25) is 0 Å². The minimum absolute atomic E-state index is 0.107. The highest BCUT2D eigenvalue weighted by Crippen LogP contribution is 2.33. The van der Waals surface area contributed by atoms with Crippen LogP contribution in [0.4, 0.5) is 11.4 Å². The molecular weight excluding hydrogens is 496 g/mol. The van der Waals surface area contributed by atoms with E-state index in [1.807, 2.05) is 36.4 Å². The van der Waals surface area contributed by atoms with Crippen LogP contribution in [0.15, 0.2) is 95.0 Å². The molecule has 1 saturated heterocycles. The number of anilines is 1. The van der Waals surface area contributed by atoms with Crippen LogP contribution >= 0.6 is 0 Å². The molecule has 1 fully saturated rings. The Kier molecular flexibility index (Phi) is 6.26. The van der Waals surface area contributed by atoms with Crippen molar-refractivity contribution in [3.05, 3.63) is 112 Å². The first-order chi connectivity index (χ1) is 19.0. The van der Waals surface area contributed by atoms with Crippen molar-refractivity contribution >= 4 is 28.2 Å². The van der Waals surface area contributed by atoms with E-state index in [2.05, 4.69) is 11.5 Å². The fraction of sp³-hybridized carbons (Fsp3) is 0.133. The summed E-state index contributed by atoms with van der Waals surface area (Å²) in [7, 11) is 0. The average molecular weight is 521 g/mol. The lowest BCUT2D eigenvalue weighted by atomic mass is 9.97. The van der Waals surface area contributed by atoms with E-state index in [9.17, 15) is 14.9 Å². The average Bonchev–Trinajstić information content (AvgIpc) is 3.53. The van der Waals surface area contributed by atoms with Gasteiger partial charge in [-0.3, -0.25) is 14.9 Å². The Bertz CT molecular complexity index is 1770. The number of benzene rings is 3. The number of fused-ring (bicyclic) bond motifs is 1. The zero-order chi connectivity index (χ0) is 26.9. The van der Waals surface area contributed by atoms with E-state index < -0.39 is 10.5 Å². The molecule has 0 unspecified atom stereocenters. The molecule has 0 amide bonds. The van der Waals surface area contributed by atoms with Gasteiger partial charge in [0.25, 0.3) is 11.2 Å². The van der Waals surface area contributed by atoms with Crippen molar-refractivity contribution in [1.82, 2.24) is 9.78 Å². The Morgan fingerprint density at radius 1 is 0.949 bits per heavy atom. The summed E-state index contributed by atoms with van der Waals surface area (Å²) < 4.78 is 11.9. The number of morpholine rings is 1. The zero-order valence-corrected chi connectivity index (χ0v) is 20.9. The van der Waals surface area contributed by atoms with Gasteiger partial charge >= 0.3 is 0 Å². The van der Waals surface area contributed by atoms with Gasteiger partial charge in [0.1, 0.15) is 5.69 Å². The minimum atomic E-state index is -0.489. The molecule has 2 aromatic heterocycles. The molecule has 9 heteroatoms. The van der Waals surface area contributed by atoms with Gasteiger partial charge in [-0.1, -0.05) is 30.9 Å². The van der Waals surface area contributed by atoms with Gasteiger partial charge in [-0.15, -0.1) is 0 Å². The molecule has 3 heterocycles. The predicted molar refractivity (Wildman–Crippen MR) is 150 cm³/mol. The number of nitrogens with zero attached hydrogens (tertiary/aromatic N) is 4. The molecule has 0 spiro atoms. The molecule has 194 valence electrons. The standard InChI is InChI=1S/C30H24N4O5/c1-2-20-15-22(21-9-12-39-19-21)17-23(16-20)29-25-5-3-4-6-26(25)30(35)33(31-29)28-18-24(7-8-27(28)34(36)37)32-10-13-38-14-11-32/h2-9,12,15-19H,1,10-11,13-14H2. The van der Waals surface area contributed by atoms with Crippen LogP contribution in [0.5, 0.6) is 0 Å². The number of furan rings is 1. The predicted octanol–water partition coefficient (Wildman–Crippen LogP) is 5.70. The topological polar surface area (TPSA) is 104 Å². The van der Waals surface area contributed by atoms with Crippen LogP contribution in [-0.2, 0) is 4.74 Å². The van der Waals surface area contributed by atoms with E-state index in [1.54, 1.807) is 42.9 Å². The summed E-state index contributed by atoms with van der Waals surface area (Å²) in [6, 6.07) is 19.7. The normalized spacial score (nSPS) is 13.5. The lowest BCUT2D eigenvalue weighted by Crippen LogP contribution is -2.36. The first-order valence-electron chi connectivity index (χ1n) is 12.5. The first kappa shape index (κ1) is 24.3. The summed E-state index contributed by atoms with van der Waals surface area (Å²) in [4.78, 5) is 27.4. The van der Waals surface area contributed by atoms with E-state index in [0.717, 1.165) is 32.6 Å². The van der Waals surface area contributed by atoms with Crippen molar-refractivity contribution in [3.63, 3.8) is 0 Å². The third kappa shape index (κ3) is 4.49. The molecule has 0 saturated carbocycles. The number of ether oxygens (including phenoxy) is 1. The van der Waals surface area contributed by atoms with Gasteiger partial charge in [0.05, 0.1) is 41.7 Å². The van der Waals surface area contributed by atoms with E-state index in [4.69, 9.17) is 14.3 Å². The highest BCUT2D eigenvalue weighted by atomic mass is 16.6. The minimum Gasteiger partial charge on any atom is -0.472 e. The second-order valence-corrected chi connectivity index (χ2v) is 9.20. The molecule has 0 bridgehead atoms. The van der Waals surface area contributed by atoms with Crippen molar-refractivity contribution in [2.24, 2.45) is 0 Å². The van der Waals surface area contributed by atoms with Crippen molar-refractivity contribution in [2.75, 3.05) is 31.2 Å². The van der Waals surface area contributed by atoms with Gasteiger partial charge < -0.3 is 14.1 Å². The van der Waals surface area contributed by atoms with Gasteiger partial charge in [-0.25, -0.2) is 0 Å². The molecule has 1 aliphatic heterocycles. The zero-order valence-electron chi connectivity index (χ0n) is 20.9. The number of hydrogen-bond acceptors (Lipinski definition) is 7. The SMILES string of the molecule is C=Cc1cc(-c2ccoc2)cc(-c2nn(-c3cc(N4CCOCC4)ccc3[N+](=O)[O-])c(=O)c3ccccc23)c1. The molecule has 3 aromatic carbocycles. The van der Waals surface area contributed by atoms with Gasteiger partial charge in [0.15, 0.2) is 0 Å². The number of rotatable bonds is 6. The Morgan fingerprint density at radius 2 is 1.72 bits per heavy atom. The summed E-state index contributed by atoms with van der Waals surface area (Å²) in [5.41, 5.74) is 4.10. The molecule has 5 aromatic rings. The van der Waals surface area contributed by atoms with Crippen LogP contribution in [0.3, 0.4) is 0 Å². The molecule has 0 radical (unpaired) electrons. The van der Waals surface area contributed by atoms with Crippen LogP contribution in [-0.4, -0.2) is 41.0 Å². The van der Waals surface area contributed by atoms with E-state index in [-0.39, 0.29) is 11.4 Å². The fourth-order valence-corrected chi connectivity index (χ4v) is 4.92. The maximum absolute atomic E-state index is 13.8. The van der Waals surface area contributed by atoms with Crippen LogP contribution in [0.25, 0.3) is 44.9 Å². The molecule has 1 aliphatic rings. The number of hydrogen-bond donors (Lipinski definition) is 0. The van der Waals surface area contributed by atoms with Crippen LogP contribution < -0.4 is 10.5 Å². The van der Waals surface area contributed by atoms with E-state index >= 15 is 0 Å². The van der Waals surface area contributed by atoms with E-state index in [1.165, 1.54) is 6.07 Å². The highest BCUT2D eigenvalue weighted by molar-refractivity contribution is 5.95. The van der Waals surface area contributed by atoms with Crippen LogP contribution in [0.1, 0.15) is 5.56 Å². The Labute approximate surface area is 223 Å². The summed E-state index contributed by atoms with van der Waals surface area (Å²) >= 11 is 0. The lowest BCUT2D eigenvalue weighted by Gasteiger charge is -2.29. The summed E-state index contributed by atoms with van der Waals surface area (Å²) in [5, 5.41) is 17.9. The number of nitro benzene ring substituents is 1. The largest absolute Gasteiger partial charge is 0.472 e. The molecule has 39 heavy (non-hydrogen) atoms. The van der Waals surface area contributed by atoms with Gasteiger partial charge in [0, 0.05) is 41.4 Å². The van der Waals surface area contributed by atoms with Crippen molar-refractivity contribution in [1.29, 1.82) is 0 Å². The second kappa shape index (κ2) is 10.0. The molecule has 0 N–H and O–H groups in total. The van der Waals surface area contributed by atoms with Crippen molar-refractivity contribution in [3.8, 4) is 28.1 Å². The molecule has 0 atom stereocenters. The maximum atomic E-state index is 13.8. The molecule has 0 aliphatic carbocycles. The second-order valence-electron chi connectivity index (χ2n) is 9.20. The summed E-state index contributed by atoms with van der Waals surface area (Å²) in [6.45, 7) is 6.34. The quantitative estimate of drug-likeness (QED) is 0.209. The molecular formula is C30H24N4O5. The Morgan fingerprint density at radius 3 is 2.44 bits per heavy atom. The van der Waals surface area contributed by atoms with E-state index in [0.29, 0.717) is 42.8 Å². The van der Waals surface area contributed by atoms with Gasteiger partial charge in [-0.05, 0) is 53.6 Å². The smallest absolute Gasteiger partial charge is 0.295 e. The maximum Gasteiger partial charge on any atom is 0.295 e. The Balaban J connectivity index is 1.62. The fourth-order valence-electron chi connectivity index (χ4n) is 4.92. The summed E-state index contributed by atoms with van der Waals surface area (Å²) in [5.74, 6) is 0. The lowest BCUT2D eigenvalue weighted by molar-refractivity contribution is -0.384. The molecule has 6 rings (SSSR count). The number of aromatic nitrogens is 2.